The number of benzene rings is 2. The van der Waals surface area contributed by atoms with Gasteiger partial charge in [0, 0.05) is 34.3 Å². The Kier molecular flexibility index (Phi) is 8.88. The number of anilines is 4. The van der Waals surface area contributed by atoms with E-state index in [1.807, 2.05) is 36.4 Å². The molecule has 0 unspecified atom stereocenters. The molecule has 0 aliphatic rings. The normalized spacial score (nSPS) is 10.9. The van der Waals surface area contributed by atoms with Gasteiger partial charge in [0.25, 0.3) is 5.91 Å². The number of hydrogen-bond donors (Lipinski definition) is 5. The van der Waals surface area contributed by atoms with Crippen LogP contribution in [0.4, 0.5) is 23.0 Å². The van der Waals surface area contributed by atoms with Gasteiger partial charge in [0.15, 0.2) is 11.6 Å². The summed E-state index contributed by atoms with van der Waals surface area (Å²) in [5, 5.41) is 26.9. The van der Waals surface area contributed by atoms with Gasteiger partial charge in [0.2, 0.25) is 0 Å². The van der Waals surface area contributed by atoms with Crippen molar-refractivity contribution in [1.29, 1.82) is 10.8 Å². The van der Waals surface area contributed by atoms with E-state index in [0.717, 1.165) is 22.8 Å². The number of aromatic nitrogens is 3. The van der Waals surface area contributed by atoms with Crippen LogP contribution in [0.25, 0.3) is 16.7 Å². The van der Waals surface area contributed by atoms with Crippen LogP contribution in [0.5, 0.6) is 0 Å². The second-order valence-electron chi connectivity index (χ2n) is 8.26. The van der Waals surface area contributed by atoms with Crippen molar-refractivity contribution >= 4 is 51.7 Å². The maximum atomic E-state index is 12.3. The maximum Gasteiger partial charge on any atom is 0.258 e. The third kappa shape index (κ3) is 6.26. The lowest BCUT2D eigenvalue weighted by Gasteiger charge is -2.09. The second kappa shape index (κ2) is 12.3. The molecule has 0 radical (unpaired) electrons. The smallest absolute Gasteiger partial charge is 0.258 e. The number of para-hydroxylation sites is 1. The molecule has 1 amide bonds. The zero-order chi connectivity index (χ0) is 26.9. The number of nitrogens with two attached hydrogens (primary N) is 1. The summed E-state index contributed by atoms with van der Waals surface area (Å²) in [6, 6.07) is 18.4. The topological polar surface area (TPSA) is 146 Å². The summed E-state index contributed by atoms with van der Waals surface area (Å²) < 4.78 is 1.70. The van der Waals surface area contributed by atoms with Gasteiger partial charge in [0.1, 0.15) is 5.82 Å². The highest BCUT2D eigenvalue weighted by Crippen LogP contribution is 2.29. The minimum atomic E-state index is -0.407. The number of nitrogens with zero attached hydrogens (tertiary/aromatic N) is 3. The average Bonchev–Trinajstić information content (AvgIpc) is 3.25. The van der Waals surface area contributed by atoms with Crippen LogP contribution < -0.4 is 16.4 Å². The second-order valence-corrected chi connectivity index (χ2v) is 8.26. The van der Waals surface area contributed by atoms with Gasteiger partial charge in [-0.15, -0.1) is 5.10 Å². The lowest BCUT2D eigenvalue weighted by atomic mass is 10.1. The van der Waals surface area contributed by atoms with E-state index in [1.54, 1.807) is 48.9 Å². The van der Waals surface area contributed by atoms with Gasteiger partial charge in [-0.1, -0.05) is 44.5 Å². The fourth-order valence-electron chi connectivity index (χ4n) is 3.51. The molecule has 0 saturated heterocycles. The molecule has 0 saturated carbocycles. The lowest BCUT2D eigenvalue weighted by Crippen LogP contribution is -2.16. The highest BCUT2D eigenvalue weighted by atomic mass is 16.1. The Hall–Kier alpha value is -4.79. The third-order valence-electron chi connectivity index (χ3n) is 5.23. The first-order chi connectivity index (χ1) is 17.8. The van der Waals surface area contributed by atoms with Crippen LogP contribution in [-0.4, -0.2) is 32.6 Å². The molecule has 9 nitrogen and oxygen atoms in total. The number of nitrogen functional groups attached to an aromatic ring is 1. The Bertz CT molecular complexity index is 1470. The predicted octanol–water partition coefficient (Wildman–Crippen LogP) is 6.08. The molecule has 0 atom stereocenters. The van der Waals surface area contributed by atoms with Crippen molar-refractivity contribution in [1.82, 2.24) is 14.8 Å². The number of allylic oxidation sites excluding steroid dienone is 1. The van der Waals surface area contributed by atoms with E-state index in [1.165, 1.54) is 6.42 Å². The number of carbonyl (C=O) groups excluding carboxylic acids is 1. The van der Waals surface area contributed by atoms with E-state index >= 15 is 0 Å². The van der Waals surface area contributed by atoms with E-state index < -0.39 is 5.91 Å². The van der Waals surface area contributed by atoms with Crippen molar-refractivity contribution in [3.63, 3.8) is 0 Å². The van der Waals surface area contributed by atoms with Gasteiger partial charge >= 0.3 is 0 Å². The van der Waals surface area contributed by atoms with Gasteiger partial charge in [-0.05, 0) is 56.3 Å². The molecule has 2 aromatic heterocycles. The Balaban J connectivity index is 0.00000121. The molecule has 0 aliphatic carbocycles. The number of hydrogen-bond acceptors (Lipinski definition) is 7. The molecule has 4 aromatic rings. The Labute approximate surface area is 216 Å². The van der Waals surface area contributed by atoms with E-state index in [2.05, 4.69) is 29.5 Å². The number of amides is 1. The van der Waals surface area contributed by atoms with Crippen LogP contribution in [0.2, 0.25) is 0 Å². The zero-order valence-corrected chi connectivity index (χ0v) is 21.5. The largest absolute Gasteiger partial charge is 0.398 e. The molecule has 9 heteroatoms. The summed E-state index contributed by atoms with van der Waals surface area (Å²) in [6.45, 7) is 7.64. The summed E-state index contributed by atoms with van der Waals surface area (Å²) in [6.07, 6.45) is 3.81. The Morgan fingerprint density at radius 2 is 1.84 bits per heavy atom. The lowest BCUT2D eigenvalue weighted by molar-refractivity contribution is -0.112. The number of rotatable bonds is 7. The van der Waals surface area contributed by atoms with E-state index in [4.69, 9.17) is 21.7 Å². The van der Waals surface area contributed by atoms with Crippen LogP contribution in [0, 0.1) is 10.8 Å². The van der Waals surface area contributed by atoms with Crippen LogP contribution in [0.1, 0.15) is 39.7 Å². The SMILES string of the molecule is C/C=C(\C=N)C(=O)Nc1cccc(-n2nc(Nc3ccc(N)c(C(C)=N)c3)c3ccccc32)n1.CCC. The van der Waals surface area contributed by atoms with Gasteiger partial charge in [-0.3, -0.25) is 4.79 Å². The Morgan fingerprint density at radius 3 is 2.51 bits per heavy atom. The first-order valence-electron chi connectivity index (χ1n) is 12.0. The number of pyridine rings is 1. The van der Waals surface area contributed by atoms with Crippen molar-refractivity contribution < 1.29 is 4.79 Å². The summed E-state index contributed by atoms with van der Waals surface area (Å²) in [7, 11) is 0. The van der Waals surface area contributed by atoms with Crippen molar-refractivity contribution in [3.8, 4) is 5.82 Å². The minimum absolute atomic E-state index is 0.242. The van der Waals surface area contributed by atoms with E-state index in [9.17, 15) is 4.79 Å². The van der Waals surface area contributed by atoms with Crippen LogP contribution in [-0.2, 0) is 4.79 Å². The molecule has 37 heavy (non-hydrogen) atoms. The van der Waals surface area contributed by atoms with Gasteiger partial charge in [-0.25, -0.2) is 9.67 Å². The highest BCUT2D eigenvalue weighted by molar-refractivity contribution is 6.16. The van der Waals surface area contributed by atoms with E-state index in [0.29, 0.717) is 34.4 Å². The summed E-state index contributed by atoms with van der Waals surface area (Å²) in [5.74, 6) is 1.08. The average molecular weight is 497 g/mol. The van der Waals surface area contributed by atoms with Crippen LogP contribution >= 0.6 is 0 Å². The molecule has 4 rings (SSSR count). The van der Waals surface area contributed by atoms with Gasteiger partial charge in [-0.2, -0.15) is 0 Å². The van der Waals surface area contributed by atoms with Crippen molar-refractivity contribution in [2.24, 2.45) is 0 Å². The zero-order valence-electron chi connectivity index (χ0n) is 21.5. The summed E-state index contributed by atoms with van der Waals surface area (Å²) >= 11 is 0. The van der Waals surface area contributed by atoms with Crippen LogP contribution in [0.3, 0.4) is 0 Å². The molecule has 2 heterocycles. The minimum Gasteiger partial charge on any atom is -0.398 e. The molecule has 0 spiro atoms. The highest BCUT2D eigenvalue weighted by Gasteiger charge is 2.15. The molecule has 0 bridgehead atoms. The van der Waals surface area contributed by atoms with Gasteiger partial charge < -0.3 is 27.2 Å². The number of fused-ring (bicyclic) bond motifs is 1. The molecular formula is C28H32N8O. The predicted molar refractivity (Wildman–Crippen MR) is 153 cm³/mol. The molecule has 0 aliphatic heterocycles. The van der Waals surface area contributed by atoms with Crippen molar-refractivity contribution in [3.05, 3.63) is 77.9 Å². The van der Waals surface area contributed by atoms with E-state index in [-0.39, 0.29) is 5.57 Å². The van der Waals surface area contributed by atoms with Crippen molar-refractivity contribution in [2.45, 2.75) is 34.1 Å². The third-order valence-corrected chi connectivity index (χ3v) is 5.23. The van der Waals surface area contributed by atoms with Gasteiger partial charge in [0.05, 0.1) is 11.1 Å². The summed E-state index contributed by atoms with van der Waals surface area (Å²) in [4.78, 5) is 16.9. The number of nitrogens with one attached hydrogen (secondary N) is 4. The molecule has 2 aromatic carbocycles. The number of carbonyl (C=O) groups is 1. The first-order valence-corrected chi connectivity index (χ1v) is 12.0. The Morgan fingerprint density at radius 1 is 1.11 bits per heavy atom. The fourth-order valence-corrected chi connectivity index (χ4v) is 3.51. The molecule has 6 N–H and O–H groups in total. The molecule has 0 fully saturated rings. The first kappa shape index (κ1) is 26.8. The van der Waals surface area contributed by atoms with Crippen LogP contribution in [0.15, 0.2) is 72.3 Å². The summed E-state index contributed by atoms with van der Waals surface area (Å²) in [5.41, 5.74) is 9.40. The monoisotopic (exact) mass is 496 g/mol. The standard InChI is InChI=1S/C25H24N8O.C3H8/c1-3-16(14-26)25(34)31-22-9-6-10-23(30-22)33-21-8-5-4-7-18(21)24(32-33)29-17-11-12-20(28)19(13-17)15(2)27;1-3-2/h3-14,26-27H,28H2,1-2H3,(H,29,32)(H,30,31,34);3H2,1-2H3/b16-3+,26-14?,27-15?;. The molecule has 190 valence electrons. The fraction of sp³-hybridized carbons (Fsp3) is 0.179. The maximum absolute atomic E-state index is 12.3. The quantitative estimate of drug-likeness (QED) is 0.119. The molecular weight excluding hydrogens is 464 g/mol. The van der Waals surface area contributed by atoms with Crippen molar-refractivity contribution in [2.75, 3.05) is 16.4 Å².